The molecule has 0 heterocycles. The summed E-state index contributed by atoms with van der Waals surface area (Å²) in [5, 5.41) is 9.84. The van der Waals surface area contributed by atoms with Gasteiger partial charge in [-0.25, -0.2) is 0 Å². The first-order valence-corrected chi connectivity index (χ1v) is 7.86. The molecule has 0 saturated carbocycles. The Balaban J connectivity index is 2.29. The second-order valence-corrected chi connectivity index (χ2v) is 5.83. The number of carbonyl (C=O) groups is 1. The molecule has 0 atom stereocenters. The van der Waals surface area contributed by atoms with Crippen LogP contribution in [0.25, 0.3) is 6.08 Å². The van der Waals surface area contributed by atoms with Crippen LogP contribution in [-0.4, -0.2) is 13.0 Å². The third-order valence-electron chi connectivity index (χ3n) is 3.25. The minimum Gasteiger partial charge on any atom is -0.493 e. The van der Waals surface area contributed by atoms with E-state index in [2.05, 4.69) is 0 Å². The Hall–Kier alpha value is -2.68. The number of ether oxygens (including phenoxy) is 2. The number of primary amides is 1. The van der Waals surface area contributed by atoms with Crippen molar-refractivity contribution in [2.75, 3.05) is 7.11 Å². The molecule has 0 aliphatic rings. The molecule has 7 heteroatoms. The van der Waals surface area contributed by atoms with E-state index >= 15 is 0 Å². The molecule has 0 spiro atoms. The van der Waals surface area contributed by atoms with E-state index in [1.807, 2.05) is 12.1 Å². The van der Waals surface area contributed by atoms with Crippen LogP contribution in [0.4, 0.5) is 0 Å². The van der Waals surface area contributed by atoms with E-state index in [4.69, 9.17) is 43.7 Å². The molecule has 128 valence electrons. The van der Waals surface area contributed by atoms with Gasteiger partial charge in [0.25, 0.3) is 5.91 Å². The molecule has 0 radical (unpaired) electrons. The minimum absolute atomic E-state index is 0.187. The molecule has 0 saturated heterocycles. The van der Waals surface area contributed by atoms with Crippen LogP contribution in [0.15, 0.2) is 42.0 Å². The van der Waals surface area contributed by atoms with Gasteiger partial charge < -0.3 is 15.2 Å². The fourth-order valence-corrected chi connectivity index (χ4v) is 2.42. The van der Waals surface area contributed by atoms with Gasteiger partial charge in [0.15, 0.2) is 11.5 Å². The van der Waals surface area contributed by atoms with Gasteiger partial charge in [-0.1, -0.05) is 35.3 Å². The molecule has 0 aromatic heterocycles. The number of hydrogen-bond donors (Lipinski definition) is 1. The second kappa shape index (κ2) is 8.43. The number of rotatable bonds is 6. The predicted octanol–water partition coefficient (Wildman–Crippen LogP) is 3.97. The van der Waals surface area contributed by atoms with E-state index < -0.39 is 5.91 Å². The van der Waals surface area contributed by atoms with Gasteiger partial charge in [0.05, 0.1) is 12.1 Å². The topological polar surface area (TPSA) is 85.3 Å². The molecule has 5 nitrogen and oxygen atoms in total. The molecule has 0 aliphatic carbocycles. The Morgan fingerprint density at radius 2 is 1.96 bits per heavy atom. The lowest BCUT2D eigenvalue weighted by molar-refractivity contribution is -0.114. The highest BCUT2D eigenvalue weighted by Gasteiger charge is 2.13. The summed E-state index contributed by atoms with van der Waals surface area (Å²) < 4.78 is 11.0. The maximum Gasteiger partial charge on any atom is 0.259 e. The van der Waals surface area contributed by atoms with Crippen LogP contribution in [0.3, 0.4) is 0 Å². The molecular formula is C18H14Cl2N2O3. The lowest BCUT2D eigenvalue weighted by atomic mass is 10.1. The average Bonchev–Trinajstić information content (AvgIpc) is 2.59. The van der Waals surface area contributed by atoms with Crippen LogP contribution in [0.1, 0.15) is 11.1 Å². The van der Waals surface area contributed by atoms with Gasteiger partial charge in [-0.3, -0.25) is 4.79 Å². The zero-order chi connectivity index (χ0) is 18.4. The standard InChI is InChI=1S/C18H14Cl2N2O3/c1-24-16-8-12(6-13(9-21)18(22)23)7-15(20)17(16)25-10-11-2-4-14(19)5-3-11/h2-8H,10H2,1H3,(H2,22,23). The van der Waals surface area contributed by atoms with Gasteiger partial charge >= 0.3 is 0 Å². The van der Waals surface area contributed by atoms with Gasteiger partial charge in [-0.15, -0.1) is 0 Å². The van der Waals surface area contributed by atoms with Gasteiger partial charge in [0.2, 0.25) is 0 Å². The van der Waals surface area contributed by atoms with Gasteiger partial charge in [0.1, 0.15) is 18.2 Å². The molecule has 0 unspecified atom stereocenters. The number of amides is 1. The number of nitriles is 1. The first kappa shape index (κ1) is 18.7. The highest BCUT2D eigenvalue weighted by molar-refractivity contribution is 6.32. The molecule has 1 amide bonds. The largest absolute Gasteiger partial charge is 0.493 e. The van der Waals surface area contributed by atoms with E-state index in [0.29, 0.717) is 22.1 Å². The van der Waals surface area contributed by atoms with Crippen molar-refractivity contribution in [3.8, 4) is 17.6 Å². The Labute approximate surface area is 155 Å². The summed E-state index contributed by atoms with van der Waals surface area (Å²) in [6.07, 6.45) is 1.33. The van der Waals surface area contributed by atoms with Crippen molar-refractivity contribution in [1.29, 1.82) is 5.26 Å². The third-order valence-corrected chi connectivity index (χ3v) is 3.78. The smallest absolute Gasteiger partial charge is 0.259 e. The van der Waals surface area contributed by atoms with E-state index in [1.165, 1.54) is 13.2 Å². The van der Waals surface area contributed by atoms with Gasteiger partial charge in [-0.2, -0.15) is 5.26 Å². The van der Waals surface area contributed by atoms with Crippen LogP contribution in [0.2, 0.25) is 10.0 Å². The second-order valence-electron chi connectivity index (χ2n) is 4.98. The molecule has 2 aromatic carbocycles. The molecule has 2 aromatic rings. The molecule has 2 rings (SSSR count). The minimum atomic E-state index is -0.819. The van der Waals surface area contributed by atoms with Crippen LogP contribution < -0.4 is 15.2 Å². The van der Waals surface area contributed by atoms with Gasteiger partial charge in [0, 0.05) is 5.02 Å². The quantitative estimate of drug-likeness (QED) is 0.610. The van der Waals surface area contributed by atoms with Crippen LogP contribution in [0, 0.1) is 11.3 Å². The number of benzene rings is 2. The lowest BCUT2D eigenvalue weighted by Gasteiger charge is -2.13. The Morgan fingerprint density at radius 3 is 2.52 bits per heavy atom. The summed E-state index contributed by atoms with van der Waals surface area (Å²) in [7, 11) is 1.47. The zero-order valence-corrected chi connectivity index (χ0v) is 14.8. The van der Waals surface area contributed by atoms with Crippen molar-refractivity contribution in [3.05, 3.63) is 63.1 Å². The monoisotopic (exact) mass is 376 g/mol. The Bertz CT molecular complexity index is 856. The van der Waals surface area contributed by atoms with Crippen molar-refractivity contribution < 1.29 is 14.3 Å². The highest BCUT2D eigenvalue weighted by atomic mass is 35.5. The molecule has 0 fully saturated rings. The molecule has 0 aliphatic heterocycles. The third kappa shape index (κ3) is 4.90. The van der Waals surface area contributed by atoms with Crippen molar-refractivity contribution in [2.24, 2.45) is 5.73 Å². The molecular weight excluding hydrogens is 363 g/mol. The Kier molecular flexibility index (Phi) is 6.29. The van der Waals surface area contributed by atoms with Crippen molar-refractivity contribution >= 4 is 35.2 Å². The first-order valence-electron chi connectivity index (χ1n) is 7.11. The number of methoxy groups -OCH3 is 1. The maximum atomic E-state index is 11.2. The number of nitrogens with two attached hydrogens (primary N) is 1. The van der Waals surface area contributed by atoms with E-state index in [9.17, 15) is 4.79 Å². The summed E-state index contributed by atoms with van der Waals surface area (Å²) in [5.74, 6) is -0.0935. The van der Waals surface area contributed by atoms with E-state index in [1.54, 1.807) is 30.3 Å². The molecule has 25 heavy (non-hydrogen) atoms. The van der Waals surface area contributed by atoms with Crippen molar-refractivity contribution in [2.45, 2.75) is 6.61 Å². The summed E-state index contributed by atoms with van der Waals surface area (Å²) in [5.41, 5.74) is 6.35. The fraction of sp³-hybridized carbons (Fsp3) is 0.111. The number of halogens is 2. The summed E-state index contributed by atoms with van der Waals surface area (Å²) >= 11 is 12.1. The number of hydrogen-bond acceptors (Lipinski definition) is 4. The van der Waals surface area contributed by atoms with E-state index in [0.717, 1.165) is 5.56 Å². The lowest BCUT2D eigenvalue weighted by Crippen LogP contribution is -2.12. The zero-order valence-electron chi connectivity index (χ0n) is 13.3. The van der Waals surface area contributed by atoms with Crippen LogP contribution >= 0.6 is 23.2 Å². The highest BCUT2D eigenvalue weighted by Crippen LogP contribution is 2.37. The fourth-order valence-electron chi connectivity index (χ4n) is 2.02. The predicted molar refractivity (Wildman–Crippen MR) is 96.6 cm³/mol. The van der Waals surface area contributed by atoms with Crippen LogP contribution in [0.5, 0.6) is 11.5 Å². The van der Waals surface area contributed by atoms with Crippen LogP contribution in [-0.2, 0) is 11.4 Å². The molecule has 0 bridgehead atoms. The first-order chi connectivity index (χ1) is 11.9. The summed E-state index contributed by atoms with van der Waals surface area (Å²) in [4.78, 5) is 11.2. The van der Waals surface area contributed by atoms with Crippen molar-refractivity contribution in [3.63, 3.8) is 0 Å². The van der Waals surface area contributed by atoms with Gasteiger partial charge in [-0.05, 0) is 41.5 Å². The van der Waals surface area contributed by atoms with Crippen molar-refractivity contribution in [1.82, 2.24) is 0 Å². The maximum absolute atomic E-state index is 11.2. The normalized spacial score (nSPS) is 10.9. The Morgan fingerprint density at radius 1 is 1.28 bits per heavy atom. The number of carbonyl (C=O) groups excluding carboxylic acids is 1. The SMILES string of the molecule is COc1cc(C=C(C#N)C(N)=O)cc(Cl)c1OCc1ccc(Cl)cc1. The van der Waals surface area contributed by atoms with E-state index in [-0.39, 0.29) is 17.2 Å². The molecule has 2 N–H and O–H groups in total. The summed E-state index contributed by atoms with van der Waals surface area (Å²) in [6.45, 7) is 0.271. The summed E-state index contributed by atoms with van der Waals surface area (Å²) in [6, 6.07) is 12.1. The number of nitrogens with zero attached hydrogens (tertiary/aromatic N) is 1. The average molecular weight is 377 g/mol.